The van der Waals surface area contributed by atoms with E-state index in [1.165, 1.54) is 11.6 Å². The molecule has 0 radical (unpaired) electrons. The maximum Gasteiger partial charge on any atom is 0.331 e. The summed E-state index contributed by atoms with van der Waals surface area (Å²) >= 11 is 6.45. The lowest BCUT2D eigenvalue weighted by atomic mass is 10.1. The Hall–Kier alpha value is -2.64. The molecule has 1 aromatic carbocycles. The Balaban J connectivity index is 1.50. The van der Waals surface area contributed by atoms with Crippen molar-refractivity contribution in [3.05, 3.63) is 57.9 Å². The Bertz CT molecular complexity index is 915. The normalized spacial score (nSPS) is 16.2. The maximum atomic E-state index is 11.9. The van der Waals surface area contributed by atoms with Crippen molar-refractivity contribution < 1.29 is 19.1 Å². The molecule has 1 atom stereocenters. The highest BCUT2D eigenvalue weighted by Gasteiger charge is 2.16. The second-order valence-corrected chi connectivity index (χ2v) is 7.67. The van der Waals surface area contributed by atoms with E-state index in [2.05, 4.69) is 10.4 Å². The van der Waals surface area contributed by atoms with Gasteiger partial charge in [0.1, 0.15) is 5.15 Å². The van der Waals surface area contributed by atoms with Gasteiger partial charge in [-0.05, 0) is 38.3 Å². The predicted octanol–water partition coefficient (Wildman–Crippen LogP) is 3.05. The summed E-state index contributed by atoms with van der Waals surface area (Å²) in [6.07, 6.45) is 4.79. The lowest BCUT2D eigenvalue weighted by molar-refractivity contribution is -0.143. The number of nitrogens with zero attached hydrogens (tertiary/aromatic N) is 2. The molecule has 3 rings (SSSR count). The number of hydrogen-bond donors (Lipinski definition) is 1. The van der Waals surface area contributed by atoms with Crippen LogP contribution in [0.25, 0.3) is 6.08 Å². The Kier molecular flexibility index (Phi) is 7.65. The predicted molar refractivity (Wildman–Crippen MR) is 114 cm³/mol. The highest BCUT2D eigenvalue weighted by molar-refractivity contribution is 6.31. The van der Waals surface area contributed by atoms with Gasteiger partial charge in [0, 0.05) is 24.8 Å². The van der Waals surface area contributed by atoms with E-state index in [-0.39, 0.29) is 18.6 Å². The Labute approximate surface area is 181 Å². The van der Waals surface area contributed by atoms with E-state index in [4.69, 9.17) is 21.1 Å². The molecule has 1 amide bonds. The number of halogens is 1. The molecule has 2 heterocycles. The van der Waals surface area contributed by atoms with Crippen LogP contribution < -0.4 is 5.32 Å². The number of carbonyl (C=O) groups excluding carboxylic acids is 2. The number of ether oxygens (including phenoxy) is 2. The van der Waals surface area contributed by atoms with Crippen molar-refractivity contribution in [2.75, 3.05) is 19.8 Å². The van der Waals surface area contributed by atoms with Crippen LogP contribution in [0.15, 0.2) is 30.3 Å². The molecule has 0 saturated carbocycles. The summed E-state index contributed by atoms with van der Waals surface area (Å²) in [5.41, 5.74) is 3.60. The highest BCUT2D eigenvalue weighted by Crippen LogP contribution is 2.22. The molecular formula is C22H26ClN3O4. The molecule has 1 fully saturated rings. The molecule has 0 aliphatic carbocycles. The summed E-state index contributed by atoms with van der Waals surface area (Å²) in [4.78, 5) is 23.7. The molecule has 7 nitrogen and oxygen atoms in total. The molecular weight excluding hydrogens is 406 g/mol. The molecule has 1 unspecified atom stereocenters. The van der Waals surface area contributed by atoms with Gasteiger partial charge in [0.15, 0.2) is 6.61 Å². The summed E-state index contributed by atoms with van der Waals surface area (Å²) in [6, 6.07) is 8.12. The lowest BCUT2D eigenvalue weighted by Crippen LogP contribution is -2.34. The molecule has 160 valence electrons. The van der Waals surface area contributed by atoms with E-state index >= 15 is 0 Å². The number of rotatable bonds is 8. The number of esters is 1. The molecule has 1 aliphatic heterocycles. The first-order valence-corrected chi connectivity index (χ1v) is 10.3. The van der Waals surface area contributed by atoms with Crippen LogP contribution in [0.5, 0.6) is 0 Å². The number of carbonyl (C=O) groups is 2. The van der Waals surface area contributed by atoms with Gasteiger partial charge in [-0.15, -0.1) is 0 Å². The third-order valence-corrected chi connectivity index (χ3v) is 5.24. The standard InChI is InChI=1S/C22H26ClN3O4/c1-15-5-7-17(8-6-15)13-26-22(23)19(16(2)25-26)9-10-21(28)30-14-20(27)24-12-18-4-3-11-29-18/h5-10,18H,3-4,11-14H2,1-2H3,(H,24,27)/b10-9+. The smallest absolute Gasteiger partial charge is 0.331 e. The largest absolute Gasteiger partial charge is 0.452 e. The van der Waals surface area contributed by atoms with Gasteiger partial charge in [-0.25, -0.2) is 9.48 Å². The van der Waals surface area contributed by atoms with Crippen molar-refractivity contribution in [2.45, 2.75) is 39.3 Å². The third kappa shape index (κ3) is 6.18. The summed E-state index contributed by atoms with van der Waals surface area (Å²) in [5, 5.41) is 7.59. The summed E-state index contributed by atoms with van der Waals surface area (Å²) < 4.78 is 12.1. The molecule has 30 heavy (non-hydrogen) atoms. The van der Waals surface area contributed by atoms with Crippen molar-refractivity contribution >= 4 is 29.6 Å². The quantitative estimate of drug-likeness (QED) is 0.513. The molecule has 1 aliphatic rings. The van der Waals surface area contributed by atoms with Gasteiger partial charge in [0.2, 0.25) is 0 Å². The van der Waals surface area contributed by atoms with Crippen LogP contribution in [0.2, 0.25) is 5.15 Å². The number of benzene rings is 1. The molecule has 1 aromatic heterocycles. The van der Waals surface area contributed by atoms with Gasteiger partial charge in [-0.2, -0.15) is 5.10 Å². The van der Waals surface area contributed by atoms with E-state index in [0.717, 1.165) is 25.0 Å². The van der Waals surface area contributed by atoms with Gasteiger partial charge in [0.05, 0.1) is 18.3 Å². The van der Waals surface area contributed by atoms with Crippen LogP contribution in [0.4, 0.5) is 0 Å². The van der Waals surface area contributed by atoms with Gasteiger partial charge in [-0.1, -0.05) is 41.4 Å². The first-order chi connectivity index (χ1) is 14.4. The van der Waals surface area contributed by atoms with E-state index in [9.17, 15) is 9.59 Å². The van der Waals surface area contributed by atoms with Gasteiger partial charge < -0.3 is 14.8 Å². The van der Waals surface area contributed by atoms with Crippen LogP contribution in [0.3, 0.4) is 0 Å². The Morgan fingerprint density at radius 1 is 1.33 bits per heavy atom. The second-order valence-electron chi connectivity index (χ2n) is 7.31. The van der Waals surface area contributed by atoms with Crippen molar-refractivity contribution in [1.29, 1.82) is 0 Å². The van der Waals surface area contributed by atoms with E-state index in [0.29, 0.717) is 29.5 Å². The van der Waals surface area contributed by atoms with Crippen molar-refractivity contribution in [3.8, 4) is 0 Å². The second kappa shape index (κ2) is 10.4. The molecule has 0 spiro atoms. The lowest BCUT2D eigenvalue weighted by Gasteiger charge is -2.10. The highest BCUT2D eigenvalue weighted by atomic mass is 35.5. The van der Waals surface area contributed by atoms with Crippen molar-refractivity contribution in [3.63, 3.8) is 0 Å². The molecule has 0 bridgehead atoms. The van der Waals surface area contributed by atoms with Gasteiger partial charge in [-0.3, -0.25) is 4.79 Å². The van der Waals surface area contributed by atoms with Crippen molar-refractivity contribution in [2.24, 2.45) is 0 Å². The zero-order valence-electron chi connectivity index (χ0n) is 17.2. The first kappa shape index (κ1) is 22.1. The van der Waals surface area contributed by atoms with Gasteiger partial charge >= 0.3 is 5.97 Å². The van der Waals surface area contributed by atoms with E-state index in [1.54, 1.807) is 10.8 Å². The van der Waals surface area contributed by atoms with Crippen LogP contribution >= 0.6 is 11.6 Å². The minimum atomic E-state index is -0.621. The minimum absolute atomic E-state index is 0.0473. The average molecular weight is 432 g/mol. The number of hydrogen-bond acceptors (Lipinski definition) is 5. The first-order valence-electron chi connectivity index (χ1n) is 9.94. The molecule has 1 N–H and O–H groups in total. The molecule has 1 saturated heterocycles. The monoisotopic (exact) mass is 431 g/mol. The topological polar surface area (TPSA) is 82.5 Å². The summed E-state index contributed by atoms with van der Waals surface area (Å²) in [7, 11) is 0. The number of aryl methyl sites for hydroxylation is 2. The minimum Gasteiger partial charge on any atom is -0.452 e. The van der Waals surface area contributed by atoms with Crippen LogP contribution in [-0.4, -0.2) is 47.5 Å². The SMILES string of the molecule is Cc1ccc(Cn2nc(C)c(/C=C/C(=O)OCC(=O)NCC3CCCO3)c2Cl)cc1. The van der Waals surface area contributed by atoms with E-state index < -0.39 is 5.97 Å². The summed E-state index contributed by atoms with van der Waals surface area (Å²) in [6.45, 7) is 5.20. The fourth-order valence-corrected chi connectivity index (χ4v) is 3.45. The number of aromatic nitrogens is 2. The molecule has 8 heteroatoms. The van der Waals surface area contributed by atoms with Crippen LogP contribution in [-0.2, 0) is 25.6 Å². The number of amides is 1. The summed E-state index contributed by atoms with van der Waals surface area (Å²) in [5.74, 6) is -0.976. The van der Waals surface area contributed by atoms with Gasteiger partial charge in [0.25, 0.3) is 5.91 Å². The fourth-order valence-electron chi connectivity index (χ4n) is 3.15. The van der Waals surface area contributed by atoms with Crippen LogP contribution in [0, 0.1) is 13.8 Å². The maximum absolute atomic E-state index is 11.9. The van der Waals surface area contributed by atoms with E-state index in [1.807, 2.05) is 38.1 Å². The Morgan fingerprint density at radius 3 is 2.80 bits per heavy atom. The average Bonchev–Trinajstić information content (AvgIpc) is 3.33. The zero-order chi connectivity index (χ0) is 21.5. The number of nitrogens with one attached hydrogen (secondary N) is 1. The Morgan fingerprint density at radius 2 is 2.10 bits per heavy atom. The third-order valence-electron chi connectivity index (χ3n) is 4.84. The fraction of sp³-hybridized carbons (Fsp3) is 0.409. The van der Waals surface area contributed by atoms with Crippen LogP contribution in [0.1, 0.15) is 35.2 Å². The molecule has 2 aromatic rings. The zero-order valence-corrected chi connectivity index (χ0v) is 17.9. The van der Waals surface area contributed by atoms with Crippen molar-refractivity contribution in [1.82, 2.24) is 15.1 Å².